The summed E-state index contributed by atoms with van der Waals surface area (Å²) in [6.07, 6.45) is 6.66. The van der Waals surface area contributed by atoms with Gasteiger partial charge in [-0.25, -0.2) is 0 Å². The molecule has 88 valence electrons. The molecule has 1 aliphatic carbocycles. The molecule has 1 fully saturated rings. The molecule has 0 atom stereocenters. The van der Waals surface area contributed by atoms with Gasteiger partial charge in [-0.3, -0.25) is 0 Å². The molecule has 0 radical (unpaired) electrons. The number of allylic oxidation sites excluding steroid dienone is 1. The topological polar surface area (TPSA) is 9.23 Å². The highest BCUT2D eigenvalue weighted by molar-refractivity contribution is 8.02. The first-order valence-electron chi connectivity index (χ1n) is 6.07. The van der Waals surface area contributed by atoms with Gasteiger partial charge in [0.2, 0.25) is 8.32 Å². The van der Waals surface area contributed by atoms with Gasteiger partial charge in [0.1, 0.15) is 5.09 Å². The molecule has 1 rings (SSSR count). The van der Waals surface area contributed by atoms with Crippen LogP contribution < -0.4 is 0 Å². The van der Waals surface area contributed by atoms with Gasteiger partial charge in [0.25, 0.3) is 0 Å². The average Bonchev–Trinajstić information content (AvgIpc) is 2.17. The largest absolute Gasteiger partial charge is 0.540 e. The molecule has 0 saturated heterocycles. The Bertz CT molecular complexity index is 222. The highest BCUT2D eigenvalue weighted by Gasteiger charge is 2.21. The molecular weight excluding hydrogens is 220 g/mol. The molecule has 0 spiro atoms. The summed E-state index contributed by atoms with van der Waals surface area (Å²) in [7, 11) is -1.42. The lowest BCUT2D eigenvalue weighted by molar-refractivity contribution is 0.442. The molecule has 0 aromatic rings. The molecule has 0 aliphatic heterocycles. The lowest BCUT2D eigenvalue weighted by Crippen LogP contribution is -2.25. The Morgan fingerprint density at radius 3 is 2.27 bits per heavy atom. The van der Waals surface area contributed by atoms with Gasteiger partial charge in [-0.05, 0) is 56.7 Å². The smallest absolute Gasteiger partial charge is 0.242 e. The second kappa shape index (κ2) is 5.99. The lowest BCUT2D eigenvalue weighted by Gasteiger charge is -2.25. The van der Waals surface area contributed by atoms with E-state index >= 15 is 0 Å². The van der Waals surface area contributed by atoms with Crippen LogP contribution in [0.25, 0.3) is 0 Å². The minimum absolute atomic E-state index is 1.13. The van der Waals surface area contributed by atoms with E-state index in [9.17, 15) is 0 Å². The standard InChI is InChI=1S/C12H24OSSi/c1-5-14-12(13-15(2,3)4)11-9-7-6-8-10-11/h5-10H2,1-4H3. The number of rotatable bonds is 4. The summed E-state index contributed by atoms with van der Waals surface area (Å²) in [6.45, 7) is 9.02. The first-order valence-corrected chi connectivity index (χ1v) is 10.5. The summed E-state index contributed by atoms with van der Waals surface area (Å²) >= 11 is 1.90. The van der Waals surface area contributed by atoms with Gasteiger partial charge < -0.3 is 4.43 Å². The third-order valence-corrected chi connectivity index (χ3v) is 4.31. The van der Waals surface area contributed by atoms with Crippen molar-refractivity contribution in [1.29, 1.82) is 0 Å². The van der Waals surface area contributed by atoms with Crippen molar-refractivity contribution in [1.82, 2.24) is 0 Å². The summed E-state index contributed by atoms with van der Waals surface area (Å²) in [5.74, 6) is 1.13. The lowest BCUT2D eigenvalue weighted by atomic mass is 9.96. The minimum atomic E-state index is -1.42. The van der Waals surface area contributed by atoms with Crippen molar-refractivity contribution >= 4 is 20.1 Å². The molecule has 0 N–H and O–H groups in total. The number of hydrogen-bond acceptors (Lipinski definition) is 2. The molecule has 0 heterocycles. The van der Waals surface area contributed by atoms with Crippen LogP contribution in [0.4, 0.5) is 0 Å². The second-order valence-electron chi connectivity index (χ2n) is 5.10. The summed E-state index contributed by atoms with van der Waals surface area (Å²) in [6, 6.07) is 0. The molecule has 1 nitrogen and oxygen atoms in total. The third kappa shape index (κ3) is 5.11. The second-order valence-corrected chi connectivity index (χ2v) is 10.8. The van der Waals surface area contributed by atoms with Gasteiger partial charge in [0.05, 0.1) is 0 Å². The Morgan fingerprint density at radius 1 is 1.20 bits per heavy atom. The van der Waals surface area contributed by atoms with E-state index in [1.54, 1.807) is 5.57 Å². The van der Waals surface area contributed by atoms with Crippen molar-refractivity contribution < 1.29 is 4.43 Å². The van der Waals surface area contributed by atoms with Crippen molar-refractivity contribution in [3.8, 4) is 0 Å². The molecule has 0 bridgehead atoms. The van der Waals surface area contributed by atoms with Crippen LogP contribution in [0.3, 0.4) is 0 Å². The molecule has 0 aromatic carbocycles. The zero-order valence-corrected chi connectivity index (χ0v) is 12.4. The van der Waals surface area contributed by atoms with Crippen LogP contribution in [0.1, 0.15) is 39.0 Å². The first kappa shape index (κ1) is 13.2. The van der Waals surface area contributed by atoms with Crippen LogP contribution in [0.2, 0.25) is 19.6 Å². The number of thioether (sulfide) groups is 1. The van der Waals surface area contributed by atoms with E-state index in [0.717, 1.165) is 5.75 Å². The average molecular weight is 244 g/mol. The zero-order valence-electron chi connectivity index (χ0n) is 10.6. The third-order valence-electron chi connectivity index (χ3n) is 2.42. The van der Waals surface area contributed by atoms with Crippen molar-refractivity contribution in [2.45, 2.75) is 58.7 Å². The fraction of sp³-hybridized carbons (Fsp3) is 0.833. The Labute approximate surface area is 99.8 Å². The Kier molecular flexibility index (Phi) is 5.26. The minimum Gasteiger partial charge on any atom is -0.540 e. The zero-order chi connectivity index (χ0) is 11.3. The predicted octanol–water partition coefficient (Wildman–Crippen LogP) is 4.77. The highest BCUT2D eigenvalue weighted by Crippen LogP contribution is 2.33. The molecule has 3 heteroatoms. The fourth-order valence-corrected chi connectivity index (χ4v) is 4.15. The maximum Gasteiger partial charge on any atom is 0.242 e. The number of hydrogen-bond donors (Lipinski definition) is 0. The summed E-state index contributed by atoms with van der Waals surface area (Å²) in [4.78, 5) is 0. The van der Waals surface area contributed by atoms with Crippen molar-refractivity contribution in [2.24, 2.45) is 0 Å². The van der Waals surface area contributed by atoms with Gasteiger partial charge >= 0.3 is 0 Å². The summed E-state index contributed by atoms with van der Waals surface area (Å²) < 4.78 is 6.20. The van der Waals surface area contributed by atoms with Crippen LogP contribution in [-0.2, 0) is 4.43 Å². The van der Waals surface area contributed by atoms with Crippen LogP contribution in [-0.4, -0.2) is 14.1 Å². The molecule has 0 aromatic heterocycles. The van der Waals surface area contributed by atoms with E-state index in [0.29, 0.717) is 0 Å². The van der Waals surface area contributed by atoms with Crippen molar-refractivity contribution in [3.05, 3.63) is 10.7 Å². The van der Waals surface area contributed by atoms with E-state index in [4.69, 9.17) is 4.43 Å². The normalized spacial score (nSPS) is 17.7. The van der Waals surface area contributed by atoms with Crippen molar-refractivity contribution in [3.63, 3.8) is 0 Å². The fourth-order valence-electron chi connectivity index (χ4n) is 1.80. The summed E-state index contributed by atoms with van der Waals surface area (Å²) in [5, 5.41) is 1.27. The Morgan fingerprint density at radius 2 is 1.80 bits per heavy atom. The van der Waals surface area contributed by atoms with Crippen LogP contribution >= 0.6 is 11.8 Å². The van der Waals surface area contributed by atoms with E-state index < -0.39 is 8.32 Å². The maximum absolute atomic E-state index is 6.20. The van der Waals surface area contributed by atoms with E-state index in [-0.39, 0.29) is 0 Å². The van der Waals surface area contributed by atoms with Crippen LogP contribution in [0.15, 0.2) is 10.7 Å². The van der Waals surface area contributed by atoms with Gasteiger partial charge in [-0.2, -0.15) is 0 Å². The quantitative estimate of drug-likeness (QED) is 0.520. The van der Waals surface area contributed by atoms with Gasteiger partial charge in [0.15, 0.2) is 0 Å². The molecule has 1 saturated carbocycles. The van der Waals surface area contributed by atoms with Gasteiger partial charge in [-0.1, -0.05) is 25.1 Å². The van der Waals surface area contributed by atoms with Gasteiger partial charge in [-0.15, -0.1) is 0 Å². The maximum atomic E-state index is 6.20. The molecule has 1 aliphatic rings. The van der Waals surface area contributed by atoms with Crippen LogP contribution in [0, 0.1) is 0 Å². The molecule has 0 amide bonds. The highest BCUT2D eigenvalue weighted by atomic mass is 32.2. The Balaban J connectivity index is 2.70. The summed E-state index contributed by atoms with van der Waals surface area (Å²) in [5.41, 5.74) is 1.59. The van der Waals surface area contributed by atoms with Crippen LogP contribution in [0.5, 0.6) is 0 Å². The van der Waals surface area contributed by atoms with Crippen molar-refractivity contribution in [2.75, 3.05) is 5.75 Å². The van der Waals surface area contributed by atoms with E-state index in [1.807, 2.05) is 11.8 Å². The van der Waals surface area contributed by atoms with E-state index in [1.165, 1.54) is 37.2 Å². The monoisotopic (exact) mass is 244 g/mol. The van der Waals surface area contributed by atoms with Gasteiger partial charge in [0, 0.05) is 0 Å². The predicted molar refractivity (Wildman–Crippen MR) is 72.7 cm³/mol. The van der Waals surface area contributed by atoms with E-state index in [2.05, 4.69) is 26.6 Å². The Hall–Kier alpha value is 0.107. The molecular formula is C12H24OSSi. The molecule has 15 heavy (non-hydrogen) atoms. The first-order chi connectivity index (χ1) is 7.03. The SMILES string of the molecule is CCSC(O[Si](C)(C)C)=C1CCCCC1. The molecule has 0 unspecified atom stereocenters.